The van der Waals surface area contributed by atoms with Gasteiger partial charge in [-0.15, -0.1) is 0 Å². The average Bonchev–Trinajstić information content (AvgIpc) is 2.36. The van der Waals surface area contributed by atoms with Gasteiger partial charge in [-0.25, -0.2) is 4.39 Å². The molecule has 1 atom stereocenters. The summed E-state index contributed by atoms with van der Waals surface area (Å²) in [6.45, 7) is 3.14. The molecule has 21 heavy (non-hydrogen) atoms. The summed E-state index contributed by atoms with van der Waals surface area (Å²) in [6.07, 6.45) is -15.2. The van der Waals surface area contributed by atoms with Gasteiger partial charge in [-0.3, -0.25) is 0 Å². The molecule has 1 aromatic carbocycles. The number of rotatable bonds is 4. The highest BCUT2D eigenvalue weighted by Crippen LogP contribution is 2.38. The van der Waals surface area contributed by atoms with Crippen LogP contribution in [0.1, 0.15) is 30.9 Å². The predicted molar refractivity (Wildman–Crippen MR) is 61.8 cm³/mol. The Labute approximate surface area is 116 Å². The molecule has 1 rings (SSSR count). The van der Waals surface area contributed by atoms with Crippen LogP contribution < -0.4 is 4.74 Å². The van der Waals surface area contributed by atoms with Crippen molar-refractivity contribution in [1.82, 2.24) is 0 Å². The summed E-state index contributed by atoms with van der Waals surface area (Å²) >= 11 is 0. The highest BCUT2D eigenvalue weighted by atomic mass is 19.4. The normalized spacial score (nSPS) is 13.9. The van der Waals surface area contributed by atoms with Crippen LogP contribution in [0, 0.1) is 11.3 Å². The first-order valence-corrected chi connectivity index (χ1v) is 5.80. The minimum absolute atomic E-state index is 0.0862. The Hall–Kier alpha value is -1.91. The minimum Gasteiger partial charge on any atom is -0.430 e. The first-order valence-electron chi connectivity index (χ1n) is 5.80. The number of hydrogen-bond donors (Lipinski definition) is 0. The molecule has 0 saturated heterocycles. The largest absolute Gasteiger partial charge is 0.439 e. The molecular formula is C13H11F6NO. The van der Waals surface area contributed by atoms with Crippen molar-refractivity contribution in [2.24, 2.45) is 0 Å². The third-order valence-corrected chi connectivity index (χ3v) is 2.59. The molecule has 1 unspecified atom stereocenters. The zero-order valence-corrected chi connectivity index (χ0v) is 11.0. The SMILES string of the molecule is CC(C)c1cc(C#N)ccc1OC(F)(F)C(F)C(F)(F)F. The average molecular weight is 311 g/mol. The van der Waals surface area contributed by atoms with Crippen molar-refractivity contribution in [3.05, 3.63) is 29.3 Å². The quantitative estimate of drug-likeness (QED) is 0.764. The van der Waals surface area contributed by atoms with E-state index in [0.29, 0.717) is 0 Å². The highest BCUT2D eigenvalue weighted by molar-refractivity contribution is 5.43. The Balaban J connectivity index is 3.16. The van der Waals surface area contributed by atoms with Crippen molar-refractivity contribution < 1.29 is 31.1 Å². The molecule has 0 bridgehead atoms. The van der Waals surface area contributed by atoms with Gasteiger partial charge in [0.2, 0.25) is 0 Å². The van der Waals surface area contributed by atoms with Gasteiger partial charge in [-0.05, 0) is 29.7 Å². The lowest BCUT2D eigenvalue weighted by Gasteiger charge is -2.25. The molecule has 1 aromatic rings. The molecule has 0 heterocycles. The number of nitrogens with zero attached hydrogens (tertiary/aromatic N) is 1. The molecule has 2 nitrogen and oxygen atoms in total. The Bertz CT molecular complexity index is 547. The molecule has 0 fully saturated rings. The van der Waals surface area contributed by atoms with Gasteiger partial charge in [-0.1, -0.05) is 13.8 Å². The van der Waals surface area contributed by atoms with E-state index < -0.39 is 30.1 Å². The van der Waals surface area contributed by atoms with E-state index in [1.165, 1.54) is 6.07 Å². The summed E-state index contributed by atoms with van der Waals surface area (Å²) in [4.78, 5) is 0. The summed E-state index contributed by atoms with van der Waals surface area (Å²) < 4.78 is 79.4. The van der Waals surface area contributed by atoms with E-state index in [2.05, 4.69) is 4.74 Å². The first-order chi connectivity index (χ1) is 9.49. The molecule has 0 saturated carbocycles. The topological polar surface area (TPSA) is 33.0 Å². The minimum atomic E-state index is -5.74. The van der Waals surface area contributed by atoms with Crippen molar-refractivity contribution in [2.45, 2.75) is 38.2 Å². The molecule has 0 aromatic heterocycles. The van der Waals surface area contributed by atoms with Gasteiger partial charge in [0.05, 0.1) is 11.6 Å². The van der Waals surface area contributed by atoms with Crippen LogP contribution in [0.25, 0.3) is 0 Å². The van der Waals surface area contributed by atoms with E-state index >= 15 is 0 Å². The molecule has 0 N–H and O–H groups in total. The van der Waals surface area contributed by atoms with Crippen molar-refractivity contribution >= 4 is 0 Å². The molecule has 0 amide bonds. The Morgan fingerprint density at radius 1 is 1.14 bits per heavy atom. The number of benzene rings is 1. The molecule has 116 valence electrons. The fraction of sp³-hybridized carbons (Fsp3) is 0.462. The maximum absolute atomic E-state index is 13.2. The summed E-state index contributed by atoms with van der Waals surface area (Å²) in [7, 11) is 0. The first kappa shape index (κ1) is 17.1. The van der Waals surface area contributed by atoms with Gasteiger partial charge in [0.25, 0.3) is 6.17 Å². The van der Waals surface area contributed by atoms with E-state index in [1.54, 1.807) is 19.9 Å². The standard InChI is InChI=1S/C13H11F6NO/c1-7(2)9-5-8(6-20)3-4-10(9)21-13(18,19)11(14)12(15,16)17/h3-5,7,11H,1-2H3. The van der Waals surface area contributed by atoms with E-state index in [-0.39, 0.29) is 11.1 Å². The van der Waals surface area contributed by atoms with Crippen molar-refractivity contribution in [3.8, 4) is 11.8 Å². The van der Waals surface area contributed by atoms with Crippen LogP contribution >= 0.6 is 0 Å². The van der Waals surface area contributed by atoms with Gasteiger partial charge in [-0.2, -0.15) is 27.2 Å². The predicted octanol–water partition coefficient (Wildman–Crippen LogP) is 4.55. The number of ether oxygens (including phenoxy) is 1. The Morgan fingerprint density at radius 2 is 1.71 bits per heavy atom. The summed E-state index contributed by atoms with van der Waals surface area (Å²) in [5, 5.41) is 8.71. The van der Waals surface area contributed by atoms with E-state index in [0.717, 1.165) is 12.1 Å². The van der Waals surface area contributed by atoms with Crippen molar-refractivity contribution in [1.29, 1.82) is 5.26 Å². The molecule has 0 aliphatic rings. The zero-order chi connectivity index (χ0) is 16.4. The number of nitriles is 1. The second kappa shape index (κ2) is 5.84. The zero-order valence-electron chi connectivity index (χ0n) is 11.0. The van der Waals surface area contributed by atoms with E-state index in [1.807, 2.05) is 0 Å². The number of halogens is 6. The number of alkyl halides is 6. The van der Waals surface area contributed by atoms with Crippen molar-refractivity contribution in [2.75, 3.05) is 0 Å². The Kier molecular flexibility index (Phi) is 4.76. The van der Waals surface area contributed by atoms with Crippen LogP contribution in [0.3, 0.4) is 0 Å². The lowest BCUT2D eigenvalue weighted by atomic mass is 10.00. The molecular weight excluding hydrogens is 300 g/mol. The second-order valence-corrected chi connectivity index (χ2v) is 4.59. The molecule has 0 spiro atoms. The van der Waals surface area contributed by atoms with Crippen LogP contribution in [0.2, 0.25) is 0 Å². The van der Waals surface area contributed by atoms with Gasteiger partial charge in [0.1, 0.15) is 5.75 Å². The Morgan fingerprint density at radius 3 is 2.14 bits per heavy atom. The highest BCUT2D eigenvalue weighted by Gasteiger charge is 2.59. The maximum atomic E-state index is 13.2. The smallest absolute Gasteiger partial charge is 0.430 e. The van der Waals surface area contributed by atoms with Crippen LogP contribution in [-0.4, -0.2) is 18.5 Å². The second-order valence-electron chi connectivity index (χ2n) is 4.59. The molecule has 8 heteroatoms. The third kappa shape index (κ3) is 4.03. The van der Waals surface area contributed by atoms with E-state index in [4.69, 9.17) is 5.26 Å². The van der Waals surface area contributed by atoms with Gasteiger partial charge < -0.3 is 4.74 Å². The van der Waals surface area contributed by atoms with Crippen LogP contribution in [0.4, 0.5) is 26.3 Å². The lowest BCUT2D eigenvalue weighted by molar-refractivity contribution is -0.305. The summed E-state index contributed by atoms with van der Waals surface area (Å²) in [5.74, 6) is -1.01. The lowest BCUT2D eigenvalue weighted by Crippen LogP contribution is -2.45. The van der Waals surface area contributed by atoms with Gasteiger partial charge in [0, 0.05) is 0 Å². The van der Waals surface area contributed by atoms with E-state index in [9.17, 15) is 26.3 Å². The number of hydrogen-bond acceptors (Lipinski definition) is 2. The monoisotopic (exact) mass is 311 g/mol. The summed E-state index contributed by atoms with van der Waals surface area (Å²) in [6, 6.07) is 4.98. The summed E-state index contributed by atoms with van der Waals surface area (Å²) in [5.41, 5.74) is 0.213. The maximum Gasteiger partial charge on any atom is 0.439 e. The van der Waals surface area contributed by atoms with Gasteiger partial charge in [0.15, 0.2) is 0 Å². The van der Waals surface area contributed by atoms with Crippen LogP contribution in [0.5, 0.6) is 5.75 Å². The van der Waals surface area contributed by atoms with Crippen molar-refractivity contribution in [3.63, 3.8) is 0 Å². The van der Waals surface area contributed by atoms with Crippen LogP contribution in [0.15, 0.2) is 18.2 Å². The fourth-order valence-corrected chi connectivity index (χ4v) is 1.55. The molecule has 0 aliphatic heterocycles. The third-order valence-electron chi connectivity index (χ3n) is 2.59. The fourth-order valence-electron chi connectivity index (χ4n) is 1.55. The molecule has 0 radical (unpaired) electrons. The van der Waals surface area contributed by atoms with Gasteiger partial charge >= 0.3 is 12.3 Å². The molecule has 0 aliphatic carbocycles. The van der Waals surface area contributed by atoms with Crippen LogP contribution in [-0.2, 0) is 0 Å².